The predicted molar refractivity (Wildman–Crippen MR) is 90.8 cm³/mol. The maximum absolute atomic E-state index is 12.4. The Hall–Kier alpha value is -2.35. The molecule has 2 heteroatoms. The number of carbonyl (C=O) groups excluding carboxylic acids is 1. The van der Waals surface area contributed by atoms with Gasteiger partial charge in [-0.25, -0.2) is 0 Å². The largest absolute Gasteiger partial charge is 0.465 e. The standard InChI is InChI=1S/C21H20O2/c22-20-21(13-5-4-8-19(21)15-23-20)14-16-9-11-18(12-10-16)17-6-2-1-3-7-17/h1-7,9-12,19H,8,13-15H2. The van der Waals surface area contributed by atoms with E-state index >= 15 is 0 Å². The highest BCUT2D eigenvalue weighted by atomic mass is 16.5. The van der Waals surface area contributed by atoms with Gasteiger partial charge in [0.25, 0.3) is 0 Å². The first kappa shape index (κ1) is 14.3. The van der Waals surface area contributed by atoms with Crippen molar-refractivity contribution in [3.05, 3.63) is 72.3 Å². The molecule has 0 aromatic heterocycles. The molecule has 2 unspecified atom stereocenters. The summed E-state index contributed by atoms with van der Waals surface area (Å²) >= 11 is 0. The molecular formula is C21H20O2. The lowest BCUT2D eigenvalue weighted by Gasteiger charge is -2.32. The van der Waals surface area contributed by atoms with Gasteiger partial charge in [0.15, 0.2) is 0 Å². The maximum atomic E-state index is 12.4. The van der Waals surface area contributed by atoms with Crippen LogP contribution in [0.15, 0.2) is 66.7 Å². The SMILES string of the molecule is O=C1OCC2CC=CCC12Cc1ccc(-c2ccccc2)cc1. The Morgan fingerprint density at radius 3 is 2.48 bits per heavy atom. The first-order valence-electron chi connectivity index (χ1n) is 8.24. The first-order chi connectivity index (χ1) is 11.3. The van der Waals surface area contributed by atoms with Crippen molar-refractivity contribution in [3.8, 4) is 11.1 Å². The summed E-state index contributed by atoms with van der Waals surface area (Å²) in [5.74, 6) is 0.313. The Kier molecular flexibility index (Phi) is 3.53. The molecule has 1 saturated heterocycles. The molecule has 2 aromatic rings. The predicted octanol–water partition coefficient (Wildman–Crippen LogP) is 4.41. The average molecular weight is 304 g/mol. The van der Waals surface area contributed by atoms with E-state index in [1.54, 1.807) is 0 Å². The Balaban J connectivity index is 1.59. The van der Waals surface area contributed by atoms with E-state index in [1.807, 2.05) is 6.07 Å². The highest BCUT2D eigenvalue weighted by Crippen LogP contribution is 2.46. The number of cyclic esters (lactones) is 1. The number of rotatable bonds is 3. The molecule has 0 saturated carbocycles. The van der Waals surface area contributed by atoms with Gasteiger partial charge in [-0.3, -0.25) is 4.79 Å². The zero-order valence-corrected chi connectivity index (χ0v) is 13.1. The van der Waals surface area contributed by atoms with Crippen LogP contribution in [0.25, 0.3) is 11.1 Å². The van der Waals surface area contributed by atoms with Crippen LogP contribution in [0.1, 0.15) is 18.4 Å². The highest BCUT2D eigenvalue weighted by molar-refractivity contribution is 5.80. The second kappa shape index (κ2) is 5.69. The summed E-state index contributed by atoms with van der Waals surface area (Å²) in [4.78, 5) is 12.4. The van der Waals surface area contributed by atoms with Crippen molar-refractivity contribution in [3.63, 3.8) is 0 Å². The average Bonchev–Trinajstić information content (AvgIpc) is 2.93. The molecule has 1 fully saturated rings. The minimum Gasteiger partial charge on any atom is -0.465 e. The van der Waals surface area contributed by atoms with Crippen LogP contribution >= 0.6 is 0 Å². The van der Waals surface area contributed by atoms with Crippen LogP contribution < -0.4 is 0 Å². The van der Waals surface area contributed by atoms with Crippen molar-refractivity contribution in [2.45, 2.75) is 19.3 Å². The molecule has 2 aliphatic rings. The van der Waals surface area contributed by atoms with Crippen LogP contribution in [0.3, 0.4) is 0 Å². The molecule has 4 rings (SSSR count). The zero-order chi connectivity index (χ0) is 15.7. The molecule has 1 heterocycles. The van der Waals surface area contributed by atoms with Crippen LogP contribution in [0, 0.1) is 11.3 Å². The third-order valence-electron chi connectivity index (χ3n) is 5.25. The van der Waals surface area contributed by atoms with Crippen LogP contribution in [-0.2, 0) is 16.0 Å². The number of fused-ring (bicyclic) bond motifs is 1. The summed E-state index contributed by atoms with van der Waals surface area (Å²) in [5, 5.41) is 0. The van der Waals surface area contributed by atoms with Crippen molar-refractivity contribution in [1.82, 2.24) is 0 Å². The molecule has 2 atom stereocenters. The zero-order valence-electron chi connectivity index (χ0n) is 13.1. The van der Waals surface area contributed by atoms with Crippen molar-refractivity contribution >= 4 is 5.97 Å². The second-order valence-electron chi connectivity index (χ2n) is 6.60. The smallest absolute Gasteiger partial charge is 0.313 e. The van der Waals surface area contributed by atoms with Crippen molar-refractivity contribution in [1.29, 1.82) is 0 Å². The Morgan fingerprint density at radius 1 is 0.957 bits per heavy atom. The number of hydrogen-bond donors (Lipinski definition) is 0. The summed E-state index contributed by atoms with van der Waals surface area (Å²) < 4.78 is 5.39. The monoisotopic (exact) mass is 304 g/mol. The van der Waals surface area contributed by atoms with Crippen molar-refractivity contribution in [2.75, 3.05) is 6.61 Å². The lowest BCUT2D eigenvalue weighted by molar-refractivity contribution is -0.146. The van der Waals surface area contributed by atoms with Gasteiger partial charge in [0.05, 0.1) is 12.0 Å². The summed E-state index contributed by atoms with van der Waals surface area (Å²) in [6.45, 7) is 0.575. The fraction of sp³-hybridized carbons (Fsp3) is 0.286. The number of hydrogen-bond acceptors (Lipinski definition) is 2. The van der Waals surface area contributed by atoms with E-state index in [2.05, 4.69) is 60.7 Å². The van der Waals surface area contributed by atoms with Gasteiger partial charge in [0.1, 0.15) is 0 Å². The van der Waals surface area contributed by atoms with Gasteiger partial charge in [-0.1, -0.05) is 66.7 Å². The Morgan fingerprint density at radius 2 is 1.70 bits per heavy atom. The summed E-state index contributed by atoms with van der Waals surface area (Å²) in [6.07, 6.45) is 6.85. The first-order valence-corrected chi connectivity index (χ1v) is 8.24. The molecule has 0 amide bonds. The number of benzene rings is 2. The highest BCUT2D eigenvalue weighted by Gasteiger charge is 2.51. The maximum Gasteiger partial charge on any atom is 0.313 e. The Labute approximate surface area is 136 Å². The third-order valence-corrected chi connectivity index (χ3v) is 5.25. The number of esters is 1. The van der Waals surface area contributed by atoms with Gasteiger partial charge >= 0.3 is 5.97 Å². The molecule has 2 aromatic carbocycles. The van der Waals surface area contributed by atoms with Crippen LogP contribution in [0.4, 0.5) is 0 Å². The minimum atomic E-state index is -0.344. The topological polar surface area (TPSA) is 26.3 Å². The molecular weight excluding hydrogens is 284 g/mol. The van der Waals surface area contributed by atoms with Crippen LogP contribution in [0.5, 0.6) is 0 Å². The minimum absolute atomic E-state index is 0.0148. The molecule has 2 nitrogen and oxygen atoms in total. The molecule has 0 N–H and O–H groups in total. The summed E-state index contributed by atoms with van der Waals surface area (Å²) in [6, 6.07) is 19.0. The lowest BCUT2D eigenvalue weighted by atomic mass is 9.67. The van der Waals surface area contributed by atoms with E-state index in [4.69, 9.17) is 4.74 Å². The van der Waals surface area contributed by atoms with E-state index in [-0.39, 0.29) is 11.4 Å². The molecule has 1 aliphatic carbocycles. The quantitative estimate of drug-likeness (QED) is 0.620. The van der Waals surface area contributed by atoms with Gasteiger partial charge in [-0.2, -0.15) is 0 Å². The second-order valence-corrected chi connectivity index (χ2v) is 6.60. The fourth-order valence-electron chi connectivity index (χ4n) is 3.84. The van der Waals surface area contributed by atoms with Gasteiger partial charge in [0.2, 0.25) is 0 Å². The molecule has 1 aliphatic heterocycles. The lowest BCUT2D eigenvalue weighted by Crippen LogP contribution is -2.36. The third kappa shape index (κ3) is 2.48. The van der Waals surface area contributed by atoms with Gasteiger partial charge in [-0.15, -0.1) is 0 Å². The van der Waals surface area contributed by atoms with Crippen molar-refractivity contribution < 1.29 is 9.53 Å². The van der Waals surface area contributed by atoms with E-state index in [9.17, 15) is 4.79 Å². The Bertz CT molecular complexity index is 730. The summed E-state index contributed by atoms with van der Waals surface area (Å²) in [7, 11) is 0. The van der Waals surface area contributed by atoms with E-state index in [0.29, 0.717) is 12.5 Å². The van der Waals surface area contributed by atoms with Crippen LogP contribution in [-0.4, -0.2) is 12.6 Å². The fourth-order valence-corrected chi connectivity index (χ4v) is 3.84. The molecule has 0 radical (unpaired) electrons. The summed E-state index contributed by atoms with van der Waals surface area (Å²) in [5.41, 5.74) is 3.30. The van der Waals surface area contributed by atoms with Gasteiger partial charge in [0, 0.05) is 5.92 Å². The molecule has 116 valence electrons. The van der Waals surface area contributed by atoms with Crippen LogP contribution in [0.2, 0.25) is 0 Å². The molecule has 23 heavy (non-hydrogen) atoms. The van der Waals surface area contributed by atoms with Gasteiger partial charge < -0.3 is 4.74 Å². The molecule has 0 bridgehead atoms. The number of allylic oxidation sites excluding steroid dienone is 2. The normalized spacial score (nSPS) is 25.9. The van der Waals surface area contributed by atoms with Crippen molar-refractivity contribution in [2.24, 2.45) is 11.3 Å². The van der Waals surface area contributed by atoms with E-state index < -0.39 is 0 Å². The van der Waals surface area contributed by atoms with E-state index in [1.165, 1.54) is 16.7 Å². The number of ether oxygens (including phenoxy) is 1. The molecule has 0 spiro atoms. The number of carbonyl (C=O) groups is 1. The van der Waals surface area contributed by atoms with Gasteiger partial charge in [-0.05, 0) is 36.0 Å². The van der Waals surface area contributed by atoms with E-state index in [0.717, 1.165) is 19.3 Å².